The molecular weight excluding hydrogens is 569 g/mol. The molecule has 38 heavy (non-hydrogen) atoms. The van der Waals surface area contributed by atoms with Crippen molar-refractivity contribution in [3.8, 4) is 33.8 Å². The largest absolute Gasteiger partial charge is 0.434 e. The Balaban J connectivity index is 1.77. The SMILES string of the molecule is O=S(O)c1cccc(-c2cc(F)c(-n3cnc(C(F)(F)F)c3)c(-n3nncc3-c3ccc(Cl)cc3Cl)c2)c1. The Bertz CT molecular complexity index is 1700. The van der Waals surface area contributed by atoms with E-state index in [9.17, 15) is 21.9 Å². The first-order chi connectivity index (χ1) is 18.0. The second-order valence-corrected chi connectivity index (χ2v) is 9.74. The van der Waals surface area contributed by atoms with Crippen LogP contribution in [-0.2, 0) is 17.3 Å². The van der Waals surface area contributed by atoms with Gasteiger partial charge in [0.15, 0.2) is 16.8 Å². The molecule has 2 aromatic heterocycles. The number of imidazole rings is 1. The minimum absolute atomic E-state index is 0.000153. The zero-order chi connectivity index (χ0) is 27.2. The van der Waals surface area contributed by atoms with E-state index in [0.717, 1.165) is 17.0 Å². The summed E-state index contributed by atoms with van der Waals surface area (Å²) in [5, 5.41) is 8.56. The van der Waals surface area contributed by atoms with Crippen LogP contribution in [0.15, 0.2) is 78.2 Å². The molecule has 0 spiro atoms. The van der Waals surface area contributed by atoms with E-state index in [1.54, 1.807) is 18.2 Å². The molecule has 1 N–H and O–H groups in total. The summed E-state index contributed by atoms with van der Waals surface area (Å²) < 4.78 is 78.7. The Morgan fingerprint density at radius 1 is 1.00 bits per heavy atom. The van der Waals surface area contributed by atoms with E-state index >= 15 is 4.39 Å². The molecule has 7 nitrogen and oxygen atoms in total. The molecule has 5 rings (SSSR count). The van der Waals surface area contributed by atoms with Crippen LogP contribution in [-0.4, -0.2) is 33.3 Å². The predicted molar refractivity (Wildman–Crippen MR) is 133 cm³/mol. The van der Waals surface area contributed by atoms with Crippen LogP contribution >= 0.6 is 23.2 Å². The van der Waals surface area contributed by atoms with E-state index in [1.807, 2.05) is 0 Å². The Hall–Kier alpha value is -3.58. The first-order valence-corrected chi connectivity index (χ1v) is 12.4. The van der Waals surface area contributed by atoms with Crippen molar-refractivity contribution < 1.29 is 26.3 Å². The van der Waals surface area contributed by atoms with E-state index in [-0.39, 0.29) is 26.9 Å². The lowest BCUT2D eigenvalue weighted by Crippen LogP contribution is -2.09. The van der Waals surface area contributed by atoms with E-state index in [1.165, 1.54) is 41.2 Å². The summed E-state index contributed by atoms with van der Waals surface area (Å²) in [7, 11) is 0. The topological polar surface area (TPSA) is 85.8 Å². The van der Waals surface area contributed by atoms with Crippen molar-refractivity contribution in [3.63, 3.8) is 0 Å². The third-order valence-corrected chi connectivity index (χ3v) is 6.73. The number of halogens is 6. The van der Waals surface area contributed by atoms with Gasteiger partial charge in [0, 0.05) is 16.8 Å². The fourth-order valence-electron chi connectivity index (χ4n) is 3.84. The highest BCUT2D eigenvalue weighted by atomic mass is 35.5. The van der Waals surface area contributed by atoms with Crippen molar-refractivity contribution >= 4 is 34.3 Å². The van der Waals surface area contributed by atoms with Gasteiger partial charge in [-0.05, 0) is 53.6 Å². The van der Waals surface area contributed by atoms with Crippen molar-refractivity contribution in [2.75, 3.05) is 0 Å². The fraction of sp³-hybridized carbons (Fsp3) is 0.0417. The Morgan fingerprint density at radius 2 is 1.79 bits per heavy atom. The average Bonchev–Trinajstić information content (AvgIpc) is 3.54. The molecule has 1 atom stereocenters. The highest BCUT2D eigenvalue weighted by molar-refractivity contribution is 7.79. The van der Waals surface area contributed by atoms with Gasteiger partial charge in [0.25, 0.3) is 0 Å². The minimum Gasteiger partial charge on any atom is -0.302 e. The molecule has 0 saturated carbocycles. The first kappa shape index (κ1) is 26.0. The van der Waals surface area contributed by atoms with Crippen LogP contribution in [0.5, 0.6) is 0 Å². The van der Waals surface area contributed by atoms with Gasteiger partial charge in [-0.1, -0.05) is 40.5 Å². The normalized spacial score (nSPS) is 12.6. The molecule has 1 unspecified atom stereocenters. The van der Waals surface area contributed by atoms with Crippen LogP contribution in [0.4, 0.5) is 17.6 Å². The monoisotopic (exact) mass is 581 g/mol. The lowest BCUT2D eigenvalue weighted by molar-refractivity contribution is -0.140. The molecule has 3 aromatic carbocycles. The number of alkyl halides is 3. The molecule has 0 aliphatic heterocycles. The number of aromatic nitrogens is 5. The maximum Gasteiger partial charge on any atom is 0.434 e. The van der Waals surface area contributed by atoms with Crippen molar-refractivity contribution in [2.45, 2.75) is 11.1 Å². The third kappa shape index (κ3) is 4.95. The van der Waals surface area contributed by atoms with Crippen molar-refractivity contribution in [3.05, 3.63) is 94.9 Å². The molecule has 0 amide bonds. The van der Waals surface area contributed by atoms with Gasteiger partial charge in [0.05, 0.1) is 27.5 Å². The molecule has 0 aliphatic carbocycles. The highest BCUT2D eigenvalue weighted by Crippen LogP contribution is 2.36. The predicted octanol–water partition coefficient (Wildman–Crippen LogP) is 6.83. The van der Waals surface area contributed by atoms with Crippen molar-refractivity contribution in [1.29, 1.82) is 0 Å². The van der Waals surface area contributed by atoms with E-state index in [4.69, 9.17) is 23.2 Å². The van der Waals surface area contributed by atoms with Gasteiger partial charge in [-0.25, -0.2) is 18.3 Å². The second kappa shape index (κ2) is 9.95. The number of hydrogen-bond donors (Lipinski definition) is 1. The second-order valence-electron chi connectivity index (χ2n) is 7.92. The molecular formula is C24H13Cl2F4N5O2S. The minimum atomic E-state index is -4.75. The molecule has 2 heterocycles. The number of benzene rings is 3. The van der Waals surface area contributed by atoms with Gasteiger partial charge < -0.3 is 9.12 Å². The van der Waals surface area contributed by atoms with Gasteiger partial charge in [-0.3, -0.25) is 0 Å². The average molecular weight is 582 g/mol. The quantitative estimate of drug-likeness (QED) is 0.181. The van der Waals surface area contributed by atoms with Gasteiger partial charge in [-0.2, -0.15) is 13.2 Å². The summed E-state index contributed by atoms with van der Waals surface area (Å²) in [6.45, 7) is 0. The van der Waals surface area contributed by atoms with Gasteiger partial charge in [0.1, 0.15) is 17.8 Å². The van der Waals surface area contributed by atoms with E-state index in [2.05, 4.69) is 15.3 Å². The number of rotatable bonds is 5. The van der Waals surface area contributed by atoms with Crippen LogP contribution in [0, 0.1) is 5.82 Å². The molecule has 0 fully saturated rings. The molecule has 194 valence electrons. The molecule has 0 radical (unpaired) electrons. The Labute approximate surface area is 224 Å². The lowest BCUT2D eigenvalue weighted by atomic mass is 10.0. The summed E-state index contributed by atoms with van der Waals surface area (Å²) in [5.41, 5.74) is -0.152. The third-order valence-electron chi connectivity index (χ3n) is 5.53. The molecule has 0 bridgehead atoms. The van der Waals surface area contributed by atoms with Crippen LogP contribution in [0.2, 0.25) is 10.0 Å². The first-order valence-electron chi connectivity index (χ1n) is 10.6. The van der Waals surface area contributed by atoms with Gasteiger partial charge in [0.2, 0.25) is 0 Å². The number of nitrogens with zero attached hydrogens (tertiary/aromatic N) is 5. The Morgan fingerprint density at radius 3 is 2.47 bits per heavy atom. The van der Waals surface area contributed by atoms with Crippen molar-refractivity contribution in [2.24, 2.45) is 0 Å². The van der Waals surface area contributed by atoms with Crippen molar-refractivity contribution in [1.82, 2.24) is 24.5 Å². The van der Waals surface area contributed by atoms with Crippen LogP contribution in [0.25, 0.3) is 33.8 Å². The van der Waals surface area contributed by atoms with E-state index in [0.29, 0.717) is 28.0 Å². The van der Waals surface area contributed by atoms with Gasteiger partial charge in [-0.15, -0.1) is 5.10 Å². The molecule has 14 heteroatoms. The standard InChI is InChI=1S/C24H13Cl2F4N5O2S/c25-15-4-5-17(18(26)9-15)21-10-32-33-35(21)20-8-14(13-2-1-3-16(6-13)38(36)37)7-19(27)23(20)34-11-22(31-12-34)24(28,29)30/h1-12H,(H,36,37). The van der Waals surface area contributed by atoms with Crippen LogP contribution < -0.4 is 0 Å². The summed E-state index contributed by atoms with van der Waals surface area (Å²) in [5.74, 6) is -0.914. The van der Waals surface area contributed by atoms with Crippen LogP contribution in [0.1, 0.15) is 5.69 Å². The smallest absolute Gasteiger partial charge is 0.302 e. The van der Waals surface area contributed by atoms with E-state index < -0.39 is 28.8 Å². The summed E-state index contributed by atoms with van der Waals surface area (Å²) >= 11 is 10.1. The molecule has 0 saturated heterocycles. The zero-order valence-corrected chi connectivity index (χ0v) is 21.0. The summed E-state index contributed by atoms with van der Waals surface area (Å²) in [6.07, 6.45) is -1.90. The molecule has 5 aromatic rings. The maximum atomic E-state index is 15.8. The zero-order valence-electron chi connectivity index (χ0n) is 18.7. The van der Waals surface area contributed by atoms with Gasteiger partial charge >= 0.3 is 6.18 Å². The highest BCUT2D eigenvalue weighted by Gasteiger charge is 2.34. The fourth-order valence-corrected chi connectivity index (χ4v) is 4.77. The molecule has 0 aliphatic rings. The summed E-state index contributed by atoms with van der Waals surface area (Å²) in [6, 6.07) is 13.1. The maximum absolute atomic E-state index is 15.8. The lowest BCUT2D eigenvalue weighted by Gasteiger charge is -2.16. The van der Waals surface area contributed by atoms with Crippen LogP contribution in [0.3, 0.4) is 0 Å². The summed E-state index contributed by atoms with van der Waals surface area (Å²) in [4.78, 5) is 3.45. The Kier molecular flexibility index (Phi) is 6.82. The number of hydrogen-bond acceptors (Lipinski definition) is 4.